The molecule has 0 fully saturated rings. The minimum Gasteiger partial charge on any atom is -0.507 e. The van der Waals surface area contributed by atoms with Gasteiger partial charge in [0.25, 0.3) is 0 Å². The Morgan fingerprint density at radius 1 is 0.750 bits per heavy atom. The van der Waals surface area contributed by atoms with E-state index in [1.54, 1.807) is 12.1 Å². The molecule has 4 aromatic carbocycles. The van der Waals surface area contributed by atoms with E-state index in [0.717, 1.165) is 41.3 Å². The standard InChI is InChI=1S/C36H43FNOP/c1-6-19-36(5,40-33-18-17-31(37)24-30(33)25-38-35(2,3)4)32-23-28(20-26-13-9-7-10-14-26)22-29(34(32)39)21-27-15-11-8-12-16-27/h7-18,22-24,38-40H,6,19-21,25H2,1-5H3. The Morgan fingerprint density at radius 2 is 1.38 bits per heavy atom. The summed E-state index contributed by atoms with van der Waals surface area (Å²) < 4.78 is 14.4. The molecule has 210 valence electrons. The summed E-state index contributed by atoms with van der Waals surface area (Å²) in [5.41, 5.74) is 6.48. The molecule has 2 atom stereocenters. The molecule has 0 bridgehead atoms. The van der Waals surface area contributed by atoms with Crippen molar-refractivity contribution in [1.29, 1.82) is 0 Å². The van der Waals surface area contributed by atoms with Crippen LogP contribution >= 0.6 is 8.58 Å². The molecular formula is C36H43FNOP. The van der Waals surface area contributed by atoms with Gasteiger partial charge in [-0.05, 0) is 78.9 Å². The second-order valence-electron chi connectivity index (χ2n) is 12.1. The summed E-state index contributed by atoms with van der Waals surface area (Å²) in [5.74, 6) is 0.176. The lowest BCUT2D eigenvalue weighted by Gasteiger charge is -2.33. The Morgan fingerprint density at radius 3 is 1.98 bits per heavy atom. The number of hydrogen-bond acceptors (Lipinski definition) is 2. The van der Waals surface area contributed by atoms with Crippen LogP contribution in [-0.2, 0) is 24.5 Å². The van der Waals surface area contributed by atoms with Crippen molar-refractivity contribution in [1.82, 2.24) is 5.32 Å². The monoisotopic (exact) mass is 555 g/mol. The fraction of sp³-hybridized carbons (Fsp3) is 0.333. The summed E-state index contributed by atoms with van der Waals surface area (Å²) in [6, 6.07) is 30.4. The maximum atomic E-state index is 14.4. The van der Waals surface area contributed by atoms with E-state index in [0.29, 0.717) is 27.3 Å². The van der Waals surface area contributed by atoms with E-state index < -0.39 is 0 Å². The molecular weight excluding hydrogens is 512 g/mol. The van der Waals surface area contributed by atoms with E-state index in [1.807, 2.05) is 30.3 Å². The minimum atomic E-state index is -0.300. The van der Waals surface area contributed by atoms with Crippen LogP contribution < -0.4 is 10.6 Å². The first-order valence-electron chi connectivity index (χ1n) is 14.3. The average molecular weight is 556 g/mol. The minimum absolute atomic E-state index is 0.0736. The number of phenolic OH excluding ortho intramolecular Hbond substituents is 1. The number of benzene rings is 4. The molecule has 0 aliphatic rings. The molecule has 0 heterocycles. The Balaban J connectivity index is 1.79. The van der Waals surface area contributed by atoms with Crippen LogP contribution in [0, 0.1) is 5.82 Å². The molecule has 4 heteroatoms. The normalized spacial score (nSPS) is 13.6. The van der Waals surface area contributed by atoms with Gasteiger partial charge in [0.05, 0.1) is 0 Å². The van der Waals surface area contributed by atoms with Crippen molar-refractivity contribution in [2.24, 2.45) is 0 Å². The highest BCUT2D eigenvalue weighted by Crippen LogP contribution is 2.49. The molecule has 40 heavy (non-hydrogen) atoms. The molecule has 2 N–H and O–H groups in total. The van der Waals surface area contributed by atoms with Gasteiger partial charge < -0.3 is 10.4 Å². The number of nitrogens with one attached hydrogen (secondary N) is 1. The third kappa shape index (κ3) is 8.03. The molecule has 4 rings (SSSR count). The lowest BCUT2D eigenvalue weighted by atomic mass is 9.88. The summed E-state index contributed by atoms with van der Waals surface area (Å²) in [4.78, 5) is 0. The lowest BCUT2D eigenvalue weighted by Crippen LogP contribution is -2.36. The summed E-state index contributed by atoms with van der Waals surface area (Å²) in [7, 11) is 0.380. The highest BCUT2D eigenvalue weighted by Gasteiger charge is 2.32. The number of rotatable bonds is 11. The van der Waals surface area contributed by atoms with Gasteiger partial charge in [-0.25, -0.2) is 4.39 Å². The fourth-order valence-corrected chi connectivity index (χ4v) is 7.10. The topological polar surface area (TPSA) is 32.3 Å². The zero-order valence-corrected chi connectivity index (χ0v) is 25.5. The zero-order valence-electron chi connectivity index (χ0n) is 24.5. The molecule has 2 unspecified atom stereocenters. The van der Waals surface area contributed by atoms with Crippen LogP contribution in [0.15, 0.2) is 91.0 Å². The van der Waals surface area contributed by atoms with Gasteiger partial charge >= 0.3 is 0 Å². The average Bonchev–Trinajstić information content (AvgIpc) is 2.91. The number of aromatic hydroxyl groups is 1. The highest BCUT2D eigenvalue weighted by molar-refractivity contribution is 7.48. The number of halogens is 1. The summed E-state index contributed by atoms with van der Waals surface area (Å²) in [5, 5.41) is 16.2. The number of hydrogen-bond donors (Lipinski definition) is 2. The van der Waals surface area contributed by atoms with Crippen LogP contribution in [0.25, 0.3) is 0 Å². The van der Waals surface area contributed by atoms with Crippen molar-refractivity contribution < 1.29 is 9.50 Å². The molecule has 0 saturated carbocycles. The summed E-state index contributed by atoms with van der Waals surface area (Å²) in [6.45, 7) is 11.4. The largest absolute Gasteiger partial charge is 0.507 e. The molecule has 4 aromatic rings. The smallest absolute Gasteiger partial charge is 0.123 e. The Labute approximate surface area is 241 Å². The number of phenols is 1. The highest BCUT2D eigenvalue weighted by atomic mass is 31.1. The third-order valence-corrected chi connectivity index (χ3v) is 9.20. The van der Waals surface area contributed by atoms with Crippen molar-refractivity contribution in [3.8, 4) is 5.75 Å². The van der Waals surface area contributed by atoms with E-state index in [1.165, 1.54) is 16.7 Å². The van der Waals surface area contributed by atoms with Crippen molar-refractivity contribution in [3.05, 3.63) is 130 Å². The van der Waals surface area contributed by atoms with Crippen molar-refractivity contribution in [3.63, 3.8) is 0 Å². The lowest BCUT2D eigenvalue weighted by molar-refractivity contribution is 0.424. The fourth-order valence-electron chi connectivity index (χ4n) is 5.32. The Bertz CT molecular complexity index is 1400. The van der Waals surface area contributed by atoms with Crippen molar-refractivity contribution in [2.75, 3.05) is 0 Å². The quantitative estimate of drug-likeness (QED) is 0.182. The summed E-state index contributed by atoms with van der Waals surface area (Å²) >= 11 is 0. The van der Waals surface area contributed by atoms with Crippen LogP contribution in [0.1, 0.15) is 80.8 Å². The maximum absolute atomic E-state index is 14.4. The van der Waals surface area contributed by atoms with Gasteiger partial charge in [-0.3, -0.25) is 0 Å². The van der Waals surface area contributed by atoms with E-state index in [-0.39, 0.29) is 16.5 Å². The molecule has 0 radical (unpaired) electrons. The van der Waals surface area contributed by atoms with Gasteiger partial charge in [-0.1, -0.05) is 108 Å². The predicted octanol–water partition coefficient (Wildman–Crippen LogP) is 8.62. The molecule has 0 amide bonds. The van der Waals surface area contributed by atoms with E-state index >= 15 is 0 Å². The zero-order chi connectivity index (χ0) is 28.8. The molecule has 2 nitrogen and oxygen atoms in total. The molecule has 0 aliphatic heterocycles. The van der Waals surface area contributed by atoms with Crippen LogP contribution in [-0.4, -0.2) is 10.6 Å². The van der Waals surface area contributed by atoms with Gasteiger partial charge in [0.1, 0.15) is 11.6 Å². The first-order valence-corrected chi connectivity index (χ1v) is 15.3. The Kier molecular flexibility index (Phi) is 9.82. The molecule has 0 aromatic heterocycles. The maximum Gasteiger partial charge on any atom is 0.123 e. The first-order chi connectivity index (χ1) is 19.1. The van der Waals surface area contributed by atoms with Crippen LogP contribution in [0.4, 0.5) is 4.39 Å². The summed E-state index contributed by atoms with van der Waals surface area (Å²) in [6.07, 6.45) is 3.38. The van der Waals surface area contributed by atoms with Crippen LogP contribution in [0.3, 0.4) is 0 Å². The van der Waals surface area contributed by atoms with Crippen molar-refractivity contribution >= 4 is 13.9 Å². The molecule has 0 aliphatic carbocycles. The van der Waals surface area contributed by atoms with Crippen molar-refractivity contribution in [2.45, 2.75) is 77.5 Å². The molecule has 0 spiro atoms. The van der Waals surface area contributed by atoms with Gasteiger partial charge in [0.15, 0.2) is 0 Å². The third-order valence-electron chi connectivity index (χ3n) is 7.37. The van der Waals surface area contributed by atoms with E-state index in [2.05, 4.69) is 88.5 Å². The van der Waals surface area contributed by atoms with E-state index in [9.17, 15) is 9.50 Å². The van der Waals surface area contributed by atoms with Gasteiger partial charge in [-0.15, -0.1) is 0 Å². The van der Waals surface area contributed by atoms with E-state index in [4.69, 9.17) is 0 Å². The van der Waals surface area contributed by atoms with Gasteiger partial charge in [0, 0.05) is 29.2 Å². The molecule has 0 saturated heterocycles. The SMILES string of the molecule is CCCC(C)(Pc1ccc(F)cc1CNC(C)(C)C)c1cc(Cc2ccccc2)cc(Cc2ccccc2)c1O. The van der Waals surface area contributed by atoms with Gasteiger partial charge in [-0.2, -0.15) is 0 Å². The van der Waals surface area contributed by atoms with Crippen LogP contribution in [0.5, 0.6) is 5.75 Å². The second kappa shape index (κ2) is 13.1. The Hall–Kier alpha value is -3.00. The van der Waals surface area contributed by atoms with Crippen LogP contribution in [0.2, 0.25) is 0 Å². The first kappa shape index (κ1) is 30.0. The van der Waals surface area contributed by atoms with Gasteiger partial charge in [0.2, 0.25) is 0 Å². The predicted molar refractivity (Wildman–Crippen MR) is 170 cm³/mol. The second-order valence-corrected chi connectivity index (χ2v) is 14.0.